The van der Waals surface area contributed by atoms with Crippen molar-refractivity contribution in [2.24, 2.45) is 0 Å². The highest BCUT2D eigenvalue weighted by Gasteiger charge is 2.30. The van der Waals surface area contributed by atoms with E-state index in [-0.39, 0.29) is 18.1 Å². The van der Waals surface area contributed by atoms with Crippen LogP contribution in [0.15, 0.2) is 79.1 Å². The lowest BCUT2D eigenvalue weighted by atomic mass is 10.1. The van der Waals surface area contributed by atoms with Gasteiger partial charge in [-0.25, -0.2) is 4.98 Å². The van der Waals surface area contributed by atoms with E-state index in [1.807, 2.05) is 54.9 Å². The SMILES string of the molecule is O=C(Cc1ccc(OC(F)(F)F)cc1)NCc1ccc(Cn2cnc3ccccc32)cc1. The number of para-hydroxylation sites is 2. The lowest BCUT2D eigenvalue weighted by Gasteiger charge is -2.10. The third-order valence-electron chi connectivity index (χ3n) is 4.91. The highest BCUT2D eigenvalue weighted by Crippen LogP contribution is 2.23. The van der Waals surface area contributed by atoms with Gasteiger partial charge in [-0.1, -0.05) is 48.5 Å². The van der Waals surface area contributed by atoms with Crippen molar-refractivity contribution in [2.45, 2.75) is 25.9 Å². The number of hydrogen-bond donors (Lipinski definition) is 1. The first-order valence-electron chi connectivity index (χ1n) is 9.95. The van der Waals surface area contributed by atoms with E-state index in [2.05, 4.69) is 19.6 Å². The van der Waals surface area contributed by atoms with Gasteiger partial charge in [-0.3, -0.25) is 4.79 Å². The Morgan fingerprint density at radius 3 is 2.28 bits per heavy atom. The topological polar surface area (TPSA) is 56.1 Å². The van der Waals surface area contributed by atoms with Gasteiger partial charge in [-0.05, 0) is 41.0 Å². The van der Waals surface area contributed by atoms with Crippen LogP contribution in [0.3, 0.4) is 0 Å². The standard InChI is InChI=1S/C24H20F3N3O2/c25-24(26,27)32-20-11-9-17(10-12-20)13-23(31)28-14-18-5-7-19(8-6-18)15-30-16-29-21-3-1-2-4-22(21)30/h1-12,16H,13-15H2,(H,28,31). The third-order valence-corrected chi connectivity index (χ3v) is 4.91. The summed E-state index contributed by atoms with van der Waals surface area (Å²) < 4.78 is 42.5. The first kappa shape index (κ1) is 21.4. The molecule has 0 bridgehead atoms. The van der Waals surface area contributed by atoms with Crippen LogP contribution in [0.2, 0.25) is 0 Å². The monoisotopic (exact) mass is 439 g/mol. The first-order chi connectivity index (χ1) is 15.4. The molecule has 0 aliphatic carbocycles. The number of rotatable bonds is 7. The van der Waals surface area contributed by atoms with E-state index in [0.717, 1.165) is 22.2 Å². The maximum atomic E-state index is 12.2. The van der Waals surface area contributed by atoms with Gasteiger partial charge >= 0.3 is 6.36 Å². The van der Waals surface area contributed by atoms with Crippen molar-refractivity contribution in [1.82, 2.24) is 14.9 Å². The predicted molar refractivity (Wildman–Crippen MR) is 114 cm³/mol. The van der Waals surface area contributed by atoms with E-state index >= 15 is 0 Å². The predicted octanol–water partition coefficient (Wildman–Crippen LogP) is 4.84. The number of imidazole rings is 1. The quantitative estimate of drug-likeness (QED) is 0.448. The van der Waals surface area contributed by atoms with Crippen LogP contribution in [0.5, 0.6) is 5.75 Å². The molecule has 1 amide bonds. The molecular formula is C24H20F3N3O2. The van der Waals surface area contributed by atoms with Crippen LogP contribution >= 0.6 is 0 Å². The number of benzene rings is 3. The maximum Gasteiger partial charge on any atom is 0.573 e. The molecule has 1 aromatic heterocycles. The largest absolute Gasteiger partial charge is 0.573 e. The number of nitrogens with one attached hydrogen (secondary N) is 1. The highest BCUT2D eigenvalue weighted by molar-refractivity contribution is 5.78. The zero-order valence-electron chi connectivity index (χ0n) is 17.0. The fraction of sp³-hybridized carbons (Fsp3) is 0.167. The fourth-order valence-electron chi connectivity index (χ4n) is 3.35. The van der Waals surface area contributed by atoms with Gasteiger partial charge in [0, 0.05) is 13.1 Å². The summed E-state index contributed by atoms with van der Waals surface area (Å²) in [5.41, 5.74) is 4.69. The molecule has 0 spiro atoms. The fourth-order valence-corrected chi connectivity index (χ4v) is 3.35. The molecule has 0 aliphatic heterocycles. The minimum absolute atomic E-state index is 0.0675. The molecule has 4 aromatic rings. The molecule has 8 heteroatoms. The zero-order valence-corrected chi connectivity index (χ0v) is 17.0. The van der Waals surface area contributed by atoms with Crippen molar-refractivity contribution in [3.8, 4) is 5.75 Å². The van der Waals surface area contributed by atoms with Crippen LogP contribution in [-0.4, -0.2) is 21.8 Å². The molecule has 0 radical (unpaired) electrons. The molecule has 32 heavy (non-hydrogen) atoms. The number of carbonyl (C=O) groups is 1. The average Bonchev–Trinajstić information content (AvgIpc) is 3.17. The minimum atomic E-state index is -4.74. The summed E-state index contributed by atoms with van der Waals surface area (Å²) in [6.45, 7) is 1.06. The Balaban J connectivity index is 1.28. The van der Waals surface area contributed by atoms with Crippen molar-refractivity contribution in [3.63, 3.8) is 0 Å². The third kappa shape index (κ3) is 5.66. The number of fused-ring (bicyclic) bond motifs is 1. The molecule has 4 rings (SSSR count). The number of aromatic nitrogens is 2. The van der Waals surface area contributed by atoms with Crippen molar-refractivity contribution in [2.75, 3.05) is 0 Å². The first-order valence-corrected chi connectivity index (χ1v) is 9.95. The second-order valence-electron chi connectivity index (χ2n) is 7.32. The molecule has 164 valence electrons. The number of alkyl halides is 3. The molecule has 0 atom stereocenters. The molecule has 0 saturated heterocycles. The Hall–Kier alpha value is -3.81. The summed E-state index contributed by atoms with van der Waals surface area (Å²) in [4.78, 5) is 16.6. The Morgan fingerprint density at radius 2 is 1.56 bits per heavy atom. The van der Waals surface area contributed by atoms with Gasteiger partial charge in [0.05, 0.1) is 23.8 Å². The van der Waals surface area contributed by atoms with Gasteiger partial charge in [0.25, 0.3) is 0 Å². The molecule has 5 nitrogen and oxygen atoms in total. The van der Waals surface area contributed by atoms with E-state index in [0.29, 0.717) is 18.7 Å². The van der Waals surface area contributed by atoms with Gasteiger partial charge < -0.3 is 14.6 Å². The summed E-state index contributed by atoms with van der Waals surface area (Å²) in [6, 6.07) is 21.1. The van der Waals surface area contributed by atoms with Crippen molar-refractivity contribution < 1.29 is 22.7 Å². The molecule has 3 aromatic carbocycles. The molecule has 0 aliphatic rings. The summed E-state index contributed by atoms with van der Waals surface area (Å²) in [7, 11) is 0. The molecule has 1 N–H and O–H groups in total. The lowest BCUT2D eigenvalue weighted by molar-refractivity contribution is -0.274. The average molecular weight is 439 g/mol. The lowest BCUT2D eigenvalue weighted by Crippen LogP contribution is -2.24. The molecule has 0 saturated carbocycles. The summed E-state index contributed by atoms with van der Waals surface area (Å²) in [6.07, 6.45) is -2.85. The van der Waals surface area contributed by atoms with Crippen LogP contribution in [0.1, 0.15) is 16.7 Å². The number of carbonyl (C=O) groups excluding carboxylic acids is 1. The summed E-state index contributed by atoms with van der Waals surface area (Å²) in [5.74, 6) is -0.533. The Bertz CT molecular complexity index is 1200. The summed E-state index contributed by atoms with van der Waals surface area (Å²) >= 11 is 0. The molecular weight excluding hydrogens is 419 g/mol. The van der Waals surface area contributed by atoms with E-state index in [9.17, 15) is 18.0 Å². The van der Waals surface area contributed by atoms with Crippen LogP contribution in [-0.2, 0) is 24.3 Å². The van der Waals surface area contributed by atoms with Crippen LogP contribution in [0, 0.1) is 0 Å². The van der Waals surface area contributed by atoms with Crippen molar-refractivity contribution >= 4 is 16.9 Å². The number of nitrogens with zero attached hydrogens (tertiary/aromatic N) is 2. The summed E-state index contributed by atoms with van der Waals surface area (Å²) in [5, 5.41) is 2.82. The smallest absolute Gasteiger partial charge is 0.406 e. The molecule has 0 fully saturated rings. The van der Waals surface area contributed by atoms with E-state index in [4.69, 9.17) is 0 Å². The van der Waals surface area contributed by atoms with E-state index in [1.165, 1.54) is 24.3 Å². The van der Waals surface area contributed by atoms with E-state index in [1.54, 1.807) is 0 Å². The second kappa shape index (κ2) is 9.13. The van der Waals surface area contributed by atoms with Gasteiger partial charge in [-0.2, -0.15) is 0 Å². The Morgan fingerprint density at radius 1 is 0.906 bits per heavy atom. The van der Waals surface area contributed by atoms with Crippen molar-refractivity contribution in [3.05, 3.63) is 95.8 Å². The van der Waals surface area contributed by atoms with Crippen LogP contribution in [0.25, 0.3) is 11.0 Å². The Kier molecular flexibility index (Phi) is 6.11. The number of amides is 1. The van der Waals surface area contributed by atoms with Crippen LogP contribution in [0.4, 0.5) is 13.2 Å². The molecule has 0 unspecified atom stereocenters. The second-order valence-corrected chi connectivity index (χ2v) is 7.32. The van der Waals surface area contributed by atoms with Gasteiger partial charge in [0.15, 0.2) is 0 Å². The number of hydrogen-bond acceptors (Lipinski definition) is 3. The number of halogens is 3. The zero-order chi connectivity index (χ0) is 22.6. The Labute approximate surface area is 182 Å². The van der Waals surface area contributed by atoms with Gasteiger partial charge in [-0.15, -0.1) is 13.2 Å². The van der Waals surface area contributed by atoms with Gasteiger partial charge in [0.2, 0.25) is 5.91 Å². The van der Waals surface area contributed by atoms with E-state index < -0.39 is 6.36 Å². The minimum Gasteiger partial charge on any atom is -0.406 e. The maximum absolute atomic E-state index is 12.2. The molecule has 1 heterocycles. The normalized spacial score (nSPS) is 11.5. The van der Waals surface area contributed by atoms with Crippen LogP contribution < -0.4 is 10.1 Å². The number of ether oxygens (including phenoxy) is 1. The highest BCUT2D eigenvalue weighted by atomic mass is 19.4. The van der Waals surface area contributed by atoms with Crippen molar-refractivity contribution in [1.29, 1.82) is 0 Å². The van der Waals surface area contributed by atoms with Gasteiger partial charge in [0.1, 0.15) is 5.75 Å².